The van der Waals surface area contributed by atoms with Gasteiger partial charge in [0.15, 0.2) is 0 Å². The van der Waals surface area contributed by atoms with Gasteiger partial charge in [-0.3, -0.25) is 0 Å². The van der Waals surface area contributed by atoms with Crippen LogP contribution < -0.4 is 4.74 Å². The van der Waals surface area contributed by atoms with E-state index in [2.05, 4.69) is 9.97 Å². The average Bonchev–Trinajstić information content (AvgIpc) is 3.05. The lowest BCUT2D eigenvalue weighted by atomic mass is 10.1. The van der Waals surface area contributed by atoms with E-state index in [1.165, 1.54) is 16.7 Å². The van der Waals surface area contributed by atoms with E-state index in [9.17, 15) is 8.42 Å². The van der Waals surface area contributed by atoms with Crippen molar-refractivity contribution in [3.63, 3.8) is 0 Å². The van der Waals surface area contributed by atoms with Crippen molar-refractivity contribution in [2.75, 3.05) is 26.2 Å². The molecule has 0 aromatic carbocycles. The molecule has 3 rings (SSSR count). The Balaban J connectivity index is 1.65. The fourth-order valence-corrected chi connectivity index (χ4v) is 4.66. The normalized spacial score (nSPS) is 24.5. The molecule has 3 heterocycles. The van der Waals surface area contributed by atoms with Gasteiger partial charge in [0.1, 0.15) is 6.10 Å². The highest BCUT2D eigenvalue weighted by Gasteiger charge is 2.35. The molecule has 0 unspecified atom stereocenters. The van der Waals surface area contributed by atoms with Crippen LogP contribution in [0.15, 0.2) is 12.4 Å². The maximum Gasteiger partial charge on any atom is 0.316 e. The third-order valence-electron chi connectivity index (χ3n) is 3.93. The molecule has 122 valence electrons. The zero-order valence-electron chi connectivity index (χ0n) is 12.2. The average molecular weight is 347 g/mol. The van der Waals surface area contributed by atoms with Crippen LogP contribution >= 0.6 is 11.6 Å². The first-order chi connectivity index (χ1) is 10.6. The van der Waals surface area contributed by atoms with Crippen LogP contribution in [0.3, 0.4) is 0 Å². The number of ether oxygens (including phenoxy) is 1. The van der Waals surface area contributed by atoms with Crippen LogP contribution in [0.25, 0.3) is 0 Å². The van der Waals surface area contributed by atoms with Gasteiger partial charge in [0, 0.05) is 19.6 Å². The van der Waals surface area contributed by atoms with E-state index in [1.54, 1.807) is 4.31 Å². The second-order valence-electron chi connectivity index (χ2n) is 5.54. The minimum Gasteiger partial charge on any atom is -0.459 e. The fraction of sp³-hybridized carbons (Fsp3) is 0.692. The van der Waals surface area contributed by atoms with Gasteiger partial charge < -0.3 is 4.74 Å². The van der Waals surface area contributed by atoms with Crippen LogP contribution in [-0.4, -0.2) is 59.3 Å². The van der Waals surface area contributed by atoms with Gasteiger partial charge >= 0.3 is 6.01 Å². The lowest BCUT2D eigenvalue weighted by Gasteiger charge is -2.33. The van der Waals surface area contributed by atoms with Gasteiger partial charge in [-0.1, -0.05) is 11.6 Å². The Morgan fingerprint density at radius 2 is 1.73 bits per heavy atom. The molecule has 1 aromatic heterocycles. The molecule has 9 heteroatoms. The minimum atomic E-state index is -3.37. The summed E-state index contributed by atoms with van der Waals surface area (Å²) in [4.78, 5) is 7.99. The first-order valence-corrected chi connectivity index (χ1v) is 9.22. The number of aromatic nitrogens is 2. The van der Waals surface area contributed by atoms with Crippen molar-refractivity contribution >= 4 is 21.8 Å². The summed E-state index contributed by atoms with van der Waals surface area (Å²) in [6.45, 7) is 2.11. The van der Waals surface area contributed by atoms with E-state index in [1.807, 2.05) is 0 Å². The van der Waals surface area contributed by atoms with Crippen LogP contribution in [0.5, 0.6) is 6.01 Å². The SMILES string of the molecule is O=S(=O)(N1CCCC1)N1CCC[C@H](Oc2ncc(Cl)cn2)C1. The van der Waals surface area contributed by atoms with E-state index in [-0.39, 0.29) is 12.1 Å². The quantitative estimate of drug-likeness (QED) is 0.821. The highest BCUT2D eigenvalue weighted by Crippen LogP contribution is 2.22. The maximum atomic E-state index is 12.6. The highest BCUT2D eigenvalue weighted by atomic mass is 35.5. The highest BCUT2D eigenvalue weighted by molar-refractivity contribution is 7.86. The second-order valence-corrected chi connectivity index (χ2v) is 7.90. The predicted octanol–water partition coefficient (Wildman–Crippen LogP) is 1.31. The van der Waals surface area contributed by atoms with Crippen LogP contribution in [0.1, 0.15) is 25.7 Å². The molecule has 2 saturated heterocycles. The van der Waals surface area contributed by atoms with Crippen molar-refractivity contribution < 1.29 is 13.2 Å². The molecule has 0 saturated carbocycles. The van der Waals surface area contributed by atoms with E-state index in [0.717, 1.165) is 25.7 Å². The van der Waals surface area contributed by atoms with Gasteiger partial charge in [0.05, 0.1) is 24.0 Å². The third kappa shape index (κ3) is 3.51. The van der Waals surface area contributed by atoms with Crippen molar-refractivity contribution in [2.24, 2.45) is 0 Å². The summed E-state index contributed by atoms with van der Waals surface area (Å²) >= 11 is 5.74. The van der Waals surface area contributed by atoms with Gasteiger partial charge in [-0.25, -0.2) is 9.97 Å². The lowest BCUT2D eigenvalue weighted by molar-refractivity contribution is 0.116. The first-order valence-electron chi connectivity index (χ1n) is 7.45. The van der Waals surface area contributed by atoms with Gasteiger partial charge in [0.25, 0.3) is 10.2 Å². The Kier molecular flexibility index (Phi) is 4.82. The third-order valence-corrected chi connectivity index (χ3v) is 6.12. The summed E-state index contributed by atoms with van der Waals surface area (Å²) in [6.07, 6.45) is 6.13. The predicted molar refractivity (Wildman–Crippen MR) is 82.0 cm³/mol. The molecule has 1 aromatic rings. The van der Waals surface area contributed by atoms with Crippen LogP contribution in [-0.2, 0) is 10.2 Å². The Labute approximate surface area is 135 Å². The smallest absolute Gasteiger partial charge is 0.316 e. The van der Waals surface area contributed by atoms with Gasteiger partial charge in [-0.2, -0.15) is 17.0 Å². The summed E-state index contributed by atoms with van der Waals surface area (Å²) < 4.78 is 33.9. The molecule has 0 spiro atoms. The summed E-state index contributed by atoms with van der Waals surface area (Å²) in [5.41, 5.74) is 0. The Morgan fingerprint density at radius 1 is 1.09 bits per heavy atom. The van der Waals surface area contributed by atoms with Gasteiger partial charge in [0.2, 0.25) is 0 Å². The van der Waals surface area contributed by atoms with Crippen molar-refractivity contribution in [2.45, 2.75) is 31.8 Å². The van der Waals surface area contributed by atoms with Crippen LogP contribution in [0.2, 0.25) is 5.02 Å². The Hall–Kier alpha value is -0.960. The largest absolute Gasteiger partial charge is 0.459 e. The molecule has 22 heavy (non-hydrogen) atoms. The maximum absolute atomic E-state index is 12.6. The molecule has 1 atom stereocenters. The lowest BCUT2D eigenvalue weighted by Crippen LogP contribution is -2.49. The molecule has 0 aliphatic carbocycles. The van der Waals surface area contributed by atoms with Crippen molar-refractivity contribution in [3.05, 3.63) is 17.4 Å². The van der Waals surface area contributed by atoms with E-state index in [0.29, 0.717) is 31.2 Å². The van der Waals surface area contributed by atoms with Crippen molar-refractivity contribution in [1.29, 1.82) is 0 Å². The molecule has 7 nitrogen and oxygen atoms in total. The number of rotatable bonds is 4. The summed E-state index contributed by atoms with van der Waals surface area (Å²) in [5, 5.41) is 0.439. The standard InChI is InChI=1S/C13H19ClN4O3S/c14-11-8-15-13(16-9-11)21-12-4-3-7-18(10-12)22(19,20)17-5-1-2-6-17/h8-9,12H,1-7,10H2/t12-/m0/s1. The first kappa shape index (κ1) is 15.9. The molecule has 2 fully saturated rings. The van der Waals surface area contributed by atoms with Gasteiger partial charge in [-0.05, 0) is 25.7 Å². The summed E-state index contributed by atoms with van der Waals surface area (Å²) in [6, 6.07) is 0.231. The molecule has 0 radical (unpaired) electrons. The number of nitrogens with zero attached hydrogens (tertiary/aromatic N) is 4. The molecular formula is C13H19ClN4O3S. The molecule has 0 bridgehead atoms. The number of hydrogen-bond donors (Lipinski definition) is 0. The molecule has 0 N–H and O–H groups in total. The number of piperidine rings is 1. The van der Waals surface area contributed by atoms with Gasteiger partial charge in [-0.15, -0.1) is 0 Å². The molecule has 2 aliphatic rings. The topological polar surface area (TPSA) is 75.6 Å². The number of halogens is 1. The van der Waals surface area contributed by atoms with E-state index < -0.39 is 10.2 Å². The summed E-state index contributed by atoms with van der Waals surface area (Å²) in [7, 11) is -3.37. The zero-order chi connectivity index (χ0) is 15.6. The fourth-order valence-electron chi connectivity index (χ4n) is 2.80. The zero-order valence-corrected chi connectivity index (χ0v) is 13.8. The molecule has 2 aliphatic heterocycles. The van der Waals surface area contributed by atoms with E-state index in [4.69, 9.17) is 16.3 Å². The number of hydrogen-bond acceptors (Lipinski definition) is 5. The monoisotopic (exact) mass is 346 g/mol. The second kappa shape index (κ2) is 6.66. The van der Waals surface area contributed by atoms with Crippen LogP contribution in [0, 0.1) is 0 Å². The molecule has 0 amide bonds. The Morgan fingerprint density at radius 3 is 2.41 bits per heavy atom. The van der Waals surface area contributed by atoms with Crippen molar-refractivity contribution in [1.82, 2.24) is 18.6 Å². The van der Waals surface area contributed by atoms with Crippen molar-refractivity contribution in [3.8, 4) is 6.01 Å². The molecular weight excluding hydrogens is 328 g/mol. The Bertz CT molecular complexity index is 604. The summed E-state index contributed by atoms with van der Waals surface area (Å²) in [5.74, 6) is 0. The minimum absolute atomic E-state index is 0.229. The van der Waals surface area contributed by atoms with Crippen LogP contribution in [0.4, 0.5) is 0 Å². The van der Waals surface area contributed by atoms with E-state index >= 15 is 0 Å².